The minimum atomic E-state index is -3.70. The summed E-state index contributed by atoms with van der Waals surface area (Å²) in [5.41, 5.74) is 4.48. The van der Waals surface area contributed by atoms with E-state index in [1.54, 1.807) is 12.3 Å². The van der Waals surface area contributed by atoms with Crippen molar-refractivity contribution in [3.8, 4) is 11.3 Å². The lowest BCUT2D eigenvalue weighted by molar-refractivity contribution is -0.124. The van der Waals surface area contributed by atoms with E-state index in [1.165, 1.54) is 12.1 Å². The predicted octanol–water partition coefficient (Wildman–Crippen LogP) is 4.20. The lowest BCUT2D eigenvalue weighted by Gasteiger charge is -2.37. The number of para-hydroxylation sites is 1. The monoisotopic (exact) mass is 577 g/mol. The molecular formula is C31H36FN5O3S. The van der Waals surface area contributed by atoms with Gasteiger partial charge in [0.15, 0.2) is 15.6 Å². The maximum absolute atomic E-state index is 15.0. The number of H-pyrrole nitrogens is 1. The Balaban J connectivity index is 1.43. The van der Waals surface area contributed by atoms with Gasteiger partial charge in [-0.25, -0.2) is 22.8 Å². The molecule has 1 fully saturated rings. The minimum Gasteiger partial charge on any atom is -0.360 e. The van der Waals surface area contributed by atoms with Crippen molar-refractivity contribution in [1.82, 2.24) is 24.8 Å². The Morgan fingerprint density at radius 2 is 1.80 bits per heavy atom. The molecule has 4 aromatic rings. The van der Waals surface area contributed by atoms with Crippen LogP contribution in [0.2, 0.25) is 0 Å². The van der Waals surface area contributed by atoms with Gasteiger partial charge in [-0.15, -0.1) is 0 Å². The molecule has 8 nitrogen and oxygen atoms in total. The molecule has 41 heavy (non-hydrogen) atoms. The number of carbonyl (C=O) groups is 1. The van der Waals surface area contributed by atoms with Crippen molar-refractivity contribution in [2.45, 2.75) is 44.0 Å². The molecule has 1 aliphatic rings. The van der Waals surface area contributed by atoms with E-state index in [4.69, 9.17) is 4.98 Å². The molecule has 0 unspecified atom stereocenters. The Hall–Kier alpha value is -3.47. The molecule has 0 spiro atoms. The molecule has 1 atom stereocenters. The quantitative estimate of drug-likeness (QED) is 0.318. The predicted molar refractivity (Wildman–Crippen MR) is 158 cm³/mol. The fraction of sp³-hybridized carbons (Fsp3) is 0.387. The summed E-state index contributed by atoms with van der Waals surface area (Å²) < 4.78 is 39.0. The zero-order chi connectivity index (χ0) is 29.3. The van der Waals surface area contributed by atoms with Gasteiger partial charge in [0.25, 0.3) is 0 Å². The molecule has 2 aromatic heterocycles. The number of Topliss-reactive ketones (excluding diaryl/α,β-unsaturated/α-hetero) is 1. The van der Waals surface area contributed by atoms with E-state index in [9.17, 15) is 13.2 Å². The second-order valence-electron chi connectivity index (χ2n) is 10.9. The fourth-order valence-corrected chi connectivity index (χ4v) is 6.46. The highest BCUT2D eigenvalue weighted by molar-refractivity contribution is 7.90. The SMILES string of the molecule is CC[C@@H](C(=O)Cc1cccc2c(-c3nc(Cc4cccc(S(C)(=O)=O)c4F)ncc3C)c[nH]c12)N1CCN(C)CC1. The number of likely N-dealkylation sites (N-methyl/N-ethyl adjacent to an activating group) is 1. The largest absolute Gasteiger partial charge is 0.360 e. The number of aromatic amines is 1. The first-order valence-electron chi connectivity index (χ1n) is 13.9. The maximum atomic E-state index is 15.0. The van der Waals surface area contributed by atoms with Crippen LogP contribution in [0.25, 0.3) is 22.2 Å². The average molecular weight is 578 g/mol. The molecule has 10 heteroatoms. The Labute approximate surface area is 240 Å². The third-order valence-corrected chi connectivity index (χ3v) is 9.09. The number of halogens is 1. The summed E-state index contributed by atoms with van der Waals surface area (Å²) >= 11 is 0. The molecule has 0 amide bonds. The summed E-state index contributed by atoms with van der Waals surface area (Å²) in [5, 5.41) is 0.945. The van der Waals surface area contributed by atoms with Crippen molar-refractivity contribution in [2.75, 3.05) is 39.5 Å². The van der Waals surface area contributed by atoms with Crippen molar-refractivity contribution in [1.29, 1.82) is 0 Å². The lowest BCUT2D eigenvalue weighted by atomic mass is 9.97. The van der Waals surface area contributed by atoms with E-state index in [2.05, 4.69) is 33.7 Å². The van der Waals surface area contributed by atoms with Crippen molar-refractivity contribution < 1.29 is 17.6 Å². The number of aromatic nitrogens is 3. The molecule has 1 aliphatic heterocycles. The Morgan fingerprint density at radius 1 is 1.10 bits per heavy atom. The van der Waals surface area contributed by atoms with Gasteiger partial charge in [-0.1, -0.05) is 37.3 Å². The van der Waals surface area contributed by atoms with Crippen molar-refractivity contribution in [2.24, 2.45) is 0 Å². The Bertz CT molecular complexity index is 1690. The number of piperazine rings is 1. The van der Waals surface area contributed by atoms with Crippen LogP contribution in [-0.2, 0) is 27.5 Å². The summed E-state index contributed by atoms with van der Waals surface area (Å²) in [6.45, 7) is 7.72. The van der Waals surface area contributed by atoms with Crippen LogP contribution in [0.1, 0.15) is 35.9 Å². The van der Waals surface area contributed by atoms with E-state index in [1.807, 2.05) is 31.3 Å². The van der Waals surface area contributed by atoms with Gasteiger partial charge in [-0.05, 0) is 43.1 Å². The molecule has 216 valence electrons. The molecular weight excluding hydrogens is 541 g/mol. The third-order valence-electron chi connectivity index (χ3n) is 7.97. The highest BCUT2D eigenvalue weighted by Gasteiger charge is 2.27. The smallest absolute Gasteiger partial charge is 0.178 e. The number of hydrogen-bond donors (Lipinski definition) is 1. The Kier molecular flexibility index (Phi) is 8.35. The number of nitrogens with zero attached hydrogens (tertiary/aromatic N) is 4. The maximum Gasteiger partial charge on any atom is 0.178 e. The van der Waals surface area contributed by atoms with Gasteiger partial charge in [-0.2, -0.15) is 0 Å². The molecule has 1 N–H and O–H groups in total. The molecule has 0 aliphatic carbocycles. The number of benzene rings is 2. The Morgan fingerprint density at radius 3 is 2.51 bits per heavy atom. The number of nitrogens with one attached hydrogen (secondary N) is 1. The molecule has 2 aromatic carbocycles. The van der Waals surface area contributed by atoms with Gasteiger partial charge < -0.3 is 9.88 Å². The van der Waals surface area contributed by atoms with E-state index in [-0.39, 0.29) is 28.7 Å². The lowest BCUT2D eigenvalue weighted by Crippen LogP contribution is -2.51. The number of ketones is 1. The van der Waals surface area contributed by atoms with E-state index >= 15 is 4.39 Å². The highest BCUT2D eigenvalue weighted by atomic mass is 32.2. The van der Waals surface area contributed by atoms with Gasteiger partial charge in [-0.3, -0.25) is 9.69 Å². The van der Waals surface area contributed by atoms with E-state index < -0.39 is 15.7 Å². The van der Waals surface area contributed by atoms with Gasteiger partial charge in [0.05, 0.1) is 11.7 Å². The molecule has 1 saturated heterocycles. The van der Waals surface area contributed by atoms with Crippen LogP contribution in [0.3, 0.4) is 0 Å². The van der Waals surface area contributed by atoms with Gasteiger partial charge >= 0.3 is 0 Å². The van der Waals surface area contributed by atoms with Gasteiger partial charge in [0.2, 0.25) is 0 Å². The second-order valence-corrected chi connectivity index (χ2v) is 12.9. The summed E-state index contributed by atoms with van der Waals surface area (Å²) in [6.07, 6.45) is 5.75. The average Bonchev–Trinajstić information content (AvgIpc) is 3.37. The first-order chi connectivity index (χ1) is 19.6. The van der Waals surface area contributed by atoms with Crippen LogP contribution in [0.15, 0.2) is 53.7 Å². The summed E-state index contributed by atoms with van der Waals surface area (Å²) in [6, 6.07) is 10.2. The number of sulfone groups is 1. The number of rotatable bonds is 9. The standard InChI is InChI=1S/C31H36FN5O3S/c1-5-25(37-14-12-36(3)13-15-37)26(38)16-22-9-6-10-23-24(19-34-31(22)23)30-20(2)18-33-28(35-30)17-21-8-7-11-27(29(21)32)41(4,39)40/h6-11,18-19,25,34H,5,12-17H2,1-4H3/t25-/m0/s1. The molecule has 0 saturated carbocycles. The van der Waals surface area contributed by atoms with Gasteiger partial charge in [0.1, 0.15) is 16.5 Å². The molecule has 0 bridgehead atoms. The third kappa shape index (κ3) is 6.10. The van der Waals surface area contributed by atoms with Gasteiger partial charge in [0, 0.05) is 74.1 Å². The van der Waals surface area contributed by atoms with Crippen LogP contribution in [0.4, 0.5) is 4.39 Å². The van der Waals surface area contributed by atoms with Crippen molar-refractivity contribution in [3.63, 3.8) is 0 Å². The van der Waals surface area contributed by atoms with E-state index in [0.717, 1.165) is 66.4 Å². The summed E-state index contributed by atoms with van der Waals surface area (Å²) in [7, 11) is -1.59. The van der Waals surface area contributed by atoms with Crippen molar-refractivity contribution >= 4 is 26.5 Å². The van der Waals surface area contributed by atoms with Crippen LogP contribution < -0.4 is 0 Å². The zero-order valence-corrected chi connectivity index (χ0v) is 24.8. The first kappa shape index (κ1) is 29.0. The number of carbonyl (C=O) groups excluding carboxylic acids is 1. The summed E-state index contributed by atoms with van der Waals surface area (Å²) in [5.74, 6) is -0.169. The summed E-state index contributed by atoms with van der Waals surface area (Å²) in [4.78, 5) is 30.3. The topological polar surface area (TPSA) is 99.3 Å². The highest BCUT2D eigenvalue weighted by Crippen LogP contribution is 2.32. The molecule has 0 radical (unpaired) electrons. The number of hydrogen-bond acceptors (Lipinski definition) is 7. The fourth-order valence-electron chi connectivity index (χ4n) is 5.67. The number of aryl methyl sites for hydroxylation is 1. The minimum absolute atomic E-state index is 0.0509. The van der Waals surface area contributed by atoms with Crippen LogP contribution in [-0.4, -0.2) is 84.5 Å². The normalized spacial score (nSPS) is 15.8. The van der Waals surface area contributed by atoms with Crippen LogP contribution in [0, 0.1) is 12.7 Å². The zero-order valence-electron chi connectivity index (χ0n) is 23.9. The van der Waals surface area contributed by atoms with Crippen molar-refractivity contribution in [3.05, 3.63) is 77.1 Å². The molecule has 3 heterocycles. The second kappa shape index (κ2) is 11.8. The number of fused-ring (bicyclic) bond motifs is 1. The van der Waals surface area contributed by atoms with Crippen LogP contribution >= 0.6 is 0 Å². The first-order valence-corrected chi connectivity index (χ1v) is 15.8. The molecule has 5 rings (SSSR count). The van der Waals surface area contributed by atoms with Crippen LogP contribution in [0.5, 0.6) is 0 Å². The van der Waals surface area contributed by atoms with E-state index in [0.29, 0.717) is 17.9 Å².